The van der Waals surface area contributed by atoms with E-state index in [0.717, 1.165) is 18.4 Å². The molecule has 6 nitrogen and oxygen atoms in total. The number of nitrogens with one attached hydrogen (secondary N) is 2. The van der Waals surface area contributed by atoms with Crippen LogP contribution in [0.1, 0.15) is 39.1 Å². The Bertz CT molecular complexity index is 855. The molecule has 3 amide bonds. The highest BCUT2D eigenvalue weighted by atomic mass is 16.2. The van der Waals surface area contributed by atoms with Crippen LogP contribution >= 0.6 is 0 Å². The van der Waals surface area contributed by atoms with E-state index >= 15 is 0 Å². The summed E-state index contributed by atoms with van der Waals surface area (Å²) in [4.78, 5) is 37.6. The Labute approximate surface area is 158 Å². The van der Waals surface area contributed by atoms with Crippen LogP contribution in [-0.4, -0.2) is 36.7 Å². The van der Waals surface area contributed by atoms with E-state index in [1.807, 2.05) is 6.07 Å². The van der Waals surface area contributed by atoms with Crippen LogP contribution in [0.15, 0.2) is 48.5 Å². The van der Waals surface area contributed by atoms with E-state index in [4.69, 9.17) is 0 Å². The monoisotopic (exact) mass is 365 g/mol. The fourth-order valence-electron chi connectivity index (χ4n) is 2.65. The predicted octanol–water partition coefficient (Wildman–Crippen LogP) is 2.67. The molecule has 1 saturated carbocycles. The van der Waals surface area contributed by atoms with E-state index in [9.17, 15) is 14.4 Å². The Hall–Kier alpha value is -3.15. The van der Waals surface area contributed by atoms with Gasteiger partial charge in [0, 0.05) is 43.4 Å². The number of carbonyl (C=O) groups excluding carboxylic acids is 3. The summed E-state index contributed by atoms with van der Waals surface area (Å²) in [6.07, 6.45) is 1.90. The first-order valence-corrected chi connectivity index (χ1v) is 8.94. The molecule has 0 aromatic heterocycles. The van der Waals surface area contributed by atoms with Crippen LogP contribution in [0.2, 0.25) is 0 Å². The largest absolute Gasteiger partial charge is 0.348 e. The topological polar surface area (TPSA) is 78.5 Å². The lowest BCUT2D eigenvalue weighted by Gasteiger charge is -2.12. The SMILES string of the molecule is CN(C)C(=O)c1cccc(CNC(=O)c2ccc(NC(=O)C3CC3)cc2)c1. The van der Waals surface area contributed by atoms with Crippen LogP contribution in [0.3, 0.4) is 0 Å². The third-order valence-corrected chi connectivity index (χ3v) is 4.40. The summed E-state index contributed by atoms with van der Waals surface area (Å²) in [6.45, 7) is 0.327. The molecule has 1 aliphatic carbocycles. The van der Waals surface area contributed by atoms with Gasteiger partial charge in [-0.25, -0.2) is 0 Å². The van der Waals surface area contributed by atoms with Gasteiger partial charge in [-0.3, -0.25) is 14.4 Å². The summed E-state index contributed by atoms with van der Waals surface area (Å²) >= 11 is 0. The molecular formula is C21H23N3O3. The molecule has 0 heterocycles. The number of hydrogen-bond donors (Lipinski definition) is 2. The second-order valence-electron chi connectivity index (χ2n) is 6.92. The lowest BCUT2D eigenvalue weighted by molar-refractivity contribution is -0.117. The van der Waals surface area contributed by atoms with Crippen LogP contribution in [-0.2, 0) is 11.3 Å². The van der Waals surface area contributed by atoms with Crippen LogP contribution in [0.25, 0.3) is 0 Å². The summed E-state index contributed by atoms with van der Waals surface area (Å²) in [5.74, 6) is -0.103. The van der Waals surface area contributed by atoms with Gasteiger partial charge in [0.1, 0.15) is 0 Å². The Kier molecular flexibility index (Phi) is 5.54. The van der Waals surface area contributed by atoms with Crippen molar-refractivity contribution >= 4 is 23.4 Å². The van der Waals surface area contributed by atoms with Crippen molar-refractivity contribution in [3.05, 3.63) is 65.2 Å². The zero-order valence-electron chi connectivity index (χ0n) is 15.5. The predicted molar refractivity (Wildman–Crippen MR) is 103 cm³/mol. The Morgan fingerprint density at radius 3 is 2.33 bits per heavy atom. The van der Waals surface area contributed by atoms with Gasteiger partial charge in [0.05, 0.1) is 0 Å². The minimum absolute atomic E-state index is 0.0411. The molecule has 140 valence electrons. The normalized spacial score (nSPS) is 13.0. The summed E-state index contributed by atoms with van der Waals surface area (Å²) in [5, 5.41) is 5.70. The number of carbonyl (C=O) groups is 3. The molecule has 6 heteroatoms. The first-order valence-electron chi connectivity index (χ1n) is 8.94. The number of benzene rings is 2. The average Bonchev–Trinajstić information content (AvgIpc) is 3.51. The van der Waals surface area contributed by atoms with E-state index in [2.05, 4.69) is 10.6 Å². The highest BCUT2D eigenvalue weighted by molar-refractivity contribution is 5.97. The van der Waals surface area contributed by atoms with Crippen molar-refractivity contribution < 1.29 is 14.4 Å². The molecule has 0 radical (unpaired) electrons. The maximum Gasteiger partial charge on any atom is 0.253 e. The van der Waals surface area contributed by atoms with E-state index < -0.39 is 0 Å². The first-order chi connectivity index (χ1) is 12.9. The second kappa shape index (κ2) is 8.03. The number of anilines is 1. The molecule has 0 atom stereocenters. The average molecular weight is 365 g/mol. The van der Waals surface area contributed by atoms with Crippen molar-refractivity contribution in [3.8, 4) is 0 Å². The van der Waals surface area contributed by atoms with Crippen LogP contribution in [0.5, 0.6) is 0 Å². The van der Waals surface area contributed by atoms with Gasteiger partial charge in [-0.1, -0.05) is 12.1 Å². The second-order valence-corrected chi connectivity index (χ2v) is 6.92. The number of nitrogens with zero attached hydrogens (tertiary/aromatic N) is 1. The molecule has 2 aromatic rings. The van der Waals surface area contributed by atoms with Gasteiger partial charge < -0.3 is 15.5 Å². The third kappa shape index (κ3) is 4.94. The number of rotatable bonds is 6. The molecule has 3 rings (SSSR count). The molecule has 0 aliphatic heterocycles. The highest BCUT2D eigenvalue weighted by Crippen LogP contribution is 2.30. The van der Waals surface area contributed by atoms with Crippen LogP contribution in [0, 0.1) is 5.92 Å². The zero-order valence-corrected chi connectivity index (χ0v) is 15.5. The molecule has 1 fully saturated rings. The van der Waals surface area contributed by atoms with Crippen molar-refractivity contribution in [2.24, 2.45) is 5.92 Å². The van der Waals surface area contributed by atoms with Crippen molar-refractivity contribution in [3.63, 3.8) is 0 Å². The third-order valence-electron chi connectivity index (χ3n) is 4.40. The molecule has 2 aromatic carbocycles. The first kappa shape index (κ1) is 18.6. The lowest BCUT2D eigenvalue weighted by Crippen LogP contribution is -2.24. The summed E-state index contributed by atoms with van der Waals surface area (Å²) in [5.41, 5.74) is 2.64. The standard InChI is InChI=1S/C21H23N3O3/c1-24(2)21(27)17-5-3-4-14(12-17)13-22-19(25)15-8-10-18(11-9-15)23-20(26)16-6-7-16/h3-5,8-12,16H,6-7,13H2,1-2H3,(H,22,25)(H,23,26). The van der Waals surface area contributed by atoms with Gasteiger partial charge in [0.15, 0.2) is 0 Å². The quantitative estimate of drug-likeness (QED) is 0.826. The maximum atomic E-state index is 12.3. The van der Waals surface area contributed by atoms with Gasteiger partial charge in [-0.2, -0.15) is 0 Å². The van der Waals surface area contributed by atoms with E-state index in [1.54, 1.807) is 56.6 Å². The van der Waals surface area contributed by atoms with Gasteiger partial charge in [-0.05, 0) is 54.8 Å². The van der Waals surface area contributed by atoms with Gasteiger partial charge in [-0.15, -0.1) is 0 Å². The summed E-state index contributed by atoms with van der Waals surface area (Å²) in [6, 6.07) is 14.0. The number of hydrogen-bond acceptors (Lipinski definition) is 3. The van der Waals surface area contributed by atoms with Crippen molar-refractivity contribution in [2.45, 2.75) is 19.4 Å². The van der Waals surface area contributed by atoms with E-state index in [-0.39, 0.29) is 23.6 Å². The smallest absolute Gasteiger partial charge is 0.253 e. The van der Waals surface area contributed by atoms with E-state index in [1.165, 1.54) is 4.90 Å². The molecular weight excluding hydrogens is 342 g/mol. The Morgan fingerprint density at radius 2 is 1.70 bits per heavy atom. The van der Waals surface area contributed by atoms with Crippen molar-refractivity contribution in [1.82, 2.24) is 10.2 Å². The highest BCUT2D eigenvalue weighted by Gasteiger charge is 2.29. The van der Waals surface area contributed by atoms with Crippen LogP contribution in [0.4, 0.5) is 5.69 Å². The van der Waals surface area contributed by atoms with Crippen molar-refractivity contribution in [2.75, 3.05) is 19.4 Å². The summed E-state index contributed by atoms with van der Waals surface area (Å²) in [7, 11) is 3.40. The molecule has 27 heavy (non-hydrogen) atoms. The maximum absolute atomic E-state index is 12.3. The Morgan fingerprint density at radius 1 is 1.00 bits per heavy atom. The van der Waals surface area contributed by atoms with Gasteiger partial charge in [0.2, 0.25) is 5.91 Å². The number of amides is 3. The molecule has 0 bridgehead atoms. The fourth-order valence-corrected chi connectivity index (χ4v) is 2.65. The van der Waals surface area contributed by atoms with Crippen molar-refractivity contribution in [1.29, 1.82) is 0 Å². The lowest BCUT2D eigenvalue weighted by atomic mass is 10.1. The van der Waals surface area contributed by atoms with E-state index in [0.29, 0.717) is 23.4 Å². The minimum Gasteiger partial charge on any atom is -0.348 e. The summed E-state index contributed by atoms with van der Waals surface area (Å²) < 4.78 is 0. The minimum atomic E-state index is -0.209. The molecule has 0 spiro atoms. The molecule has 0 unspecified atom stereocenters. The molecule has 0 saturated heterocycles. The molecule has 1 aliphatic rings. The Balaban J connectivity index is 1.56. The zero-order chi connectivity index (χ0) is 19.4. The molecule has 2 N–H and O–H groups in total. The van der Waals surface area contributed by atoms with Gasteiger partial charge >= 0.3 is 0 Å². The van der Waals surface area contributed by atoms with Crippen LogP contribution < -0.4 is 10.6 Å². The fraction of sp³-hybridized carbons (Fsp3) is 0.286. The van der Waals surface area contributed by atoms with Gasteiger partial charge in [0.25, 0.3) is 11.8 Å².